The van der Waals surface area contributed by atoms with E-state index in [4.69, 9.17) is 0 Å². The summed E-state index contributed by atoms with van der Waals surface area (Å²) >= 11 is 0. The van der Waals surface area contributed by atoms with Gasteiger partial charge in [0.25, 0.3) is 0 Å². The zero-order valence-corrected chi connectivity index (χ0v) is 12.8. The van der Waals surface area contributed by atoms with Gasteiger partial charge in [-0.2, -0.15) is 0 Å². The highest BCUT2D eigenvalue weighted by atomic mass is 15.1. The van der Waals surface area contributed by atoms with Gasteiger partial charge in [-0.25, -0.2) is 0 Å². The molecule has 1 aromatic rings. The normalized spacial score (nSPS) is 19.9. The molecule has 0 saturated heterocycles. The standard InChI is InChI=1S/C18H28N2/c1-20(18-4-2-3-5-18)14-16-8-6-15(7-9-16)12-13-19-17-10-11-17/h6-9,17-19H,2-5,10-14H2,1H3. The van der Waals surface area contributed by atoms with Crippen molar-refractivity contribution in [2.45, 2.75) is 63.6 Å². The molecule has 2 nitrogen and oxygen atoms in total. The molecule has 3 rings (SSSR count). The molecule has 0 atom stereocenters. The maximum Gasteiger partial charge on any atom is 0.0233 e. The second-order valence-corrected chi connectivity index (χ2v) is 6.65. The molecule has 2 aliphatic carbocycles. The topological polar surface area (TPSA) is 15.3 Å². The summed E-state index contributed by atoms with van der Waals surface area (Å²) in [6, 6.07) is 10.9. The van der Waals surface area contributed by atoms with E-state index in [0.717, 1.165) is 31.6 Å². The Hall–Kier alpha value is -0.860. The van der Waals surface area contributed by atoms with Gasteiger partial charge in [-0.05, 0) is 56.8 Å². The van der Waals surface area contributed by atoms with E-state index < -0.39 is 0 Å². The molecule has 2 saturated carbocycles. The molecule has 2 aliphatic rings. The van der Waals surface area contributed by atoms with E-state index >= 15 is 0 Å². The van der Waals surface area contributed by atoms with Crippen LogP contribution in [0.4, 0.5) is 0 Å². The molecule has 1 N–H and O–H groups in total. The van der Waals surface area contributed by atoms with Gasteiger partial charge in [0.1, 0.15) is 0 Å². The zero-order valence-electron chi connectivity index (χ0n) is 12.8. The summed E-state index contributed by atoms with van der Waals surface area (Å²) in [5, 5.41) is 3.58. The first kappa shape index (κ1) is 14.1. The van der Waals surface area contributed by atoms with Crippen molar-refractivity contribution < 1.29 is 0 Å². The quantitative estimate of drug-likeness (QED) is 0.819. The van der Waals surface area contributed by atoms with E-state index in [-0.39, 0.29) is 0 Å². The van der Waals surface area contributed by atoms with Crippen LogP contribution in [0.5, 0.6) is 0 Å². The first-order valence-electron chi connectivity index (χ1n) is 8.33. The molecule has 2 fully saturated rings. The van der Waals surface area contributed by atoms with Crippen molar-refractivity contribution in [3.05, 3.63) is 35.4 Å². The first-order chi connectivity index (χ1) is 9.81. The van der Waals surface area contributed by atoms with E-state index in [1.165, 1.54) is 49.7 Å². The predicted molar refractivity (Wildman–Crippen MR) is 84.9 cm³/mol. The molecular weight excluding hydrogens is 244 g/mol. The van der Waals surface area contributed by atoms with Crippen LogP contribution in [0.2, 0.25) is 0 Å². The van der Waals surface area contributed by atoms with Crippen molar-refractivity contribution in [2.75, 3.05) is 13.6 Å². The molecule has 20 heavy (non-hydrogen) atoms. The Morgan fingerprint density at radius 1 is 1.00 bits per heavy atom. The summed E-state index contributed by atoms with van der Waals surface area (Å²) in [6.07, 6.45) is 9.54. The fraction of sp³-hybridized carbons (Fsp3) is 0.667. The minimum Gasteiger partial charge on any atom is -0.314 e. The molecular formula is C18H28N2. The van der Waals surface area contributed by atoms with Gasteiger partial charge in [-0.1, -0.05) is 37.1 Å². The summed E-state index contributed by atoms with van der Waals surface area (Å²) in [7, 11) is 2.28. The number of nitrogens with zero attached hydrogens (tertiary/aromatic N) is 1. The molecule has 0 aromatic heterocycles. The number of rotatable bonds is 7. The SMILES string of the molecule is CN(Cc1ccc(CCNC2CC2)cc1)C1CCCC1. The molecule has 0 spiro atoms. The maximum absolute atomic E-state index is 3.58. The van der Waals surface area contributed by atoms with Gasteiger partial charge in [0.2, 0.25) is 0 Å². The summed E-state index contributed by atoms with van der Waals surface area (Å²) in [5.74, 6) is 0. The Morgan fingerprint density at radius 2 is 1.65 bits per heavy atom. The third-order valence-corrected chi connectivity index (χ3v) is 4.83. The van der Waals surface area contributed by atoms with Crippen molar-refractivity contribution in [1.82, 2.24) is 10.2 Å². The van der Waals surface area contributed by atoms with Gasteiger partial charge < -0.3 is 5.32 Å². The van der Waals surface area contributed by atoms with E-state index in [1.807, 2.05) is 0 Å². The van der Waals surface area contributed by atoms with Gasteiger partial charge in [0.05, 0.1) is 0 Å². The van der Waals surface area contributed by atoms with Crippen LogP contribution < -0.4 is 5.32 Å². The lowest BCUT2D eigenvalue weighted by Crippen LogP contribution is -2.28. The predicted octanol–water partition coefficient (Wildman–Crippen LogP) is 3.36. The van der Waals surface area contributed by atoms with Crippen LogP contribution in [0.3, 0.4) is 0 Å². The van der Waals surface area contributed by atoms with Gasteiger partial charge in [-0.3, -0.25) is 4.90 Å². The van der Waals surface area contributed by atoms with E-state index in [9.17, 15) is 0 Å². The molecule has 0 aliphatic heterocycles. The highest BCUT2D eigenvalue weighted by Gasteiger charge is 2.20. The Kier molecular flexibility index (Phi) is 4.74. The van der Waals surface area contributed by atoms with E-state index in [2.05, 4.69) is 41.5 Å². The Labute approximate surface area is 123 Å². The molecule has 0 bridgehead atoms. The van der Waals surface area contributed by atoms with Crippen molar-refractivity contribution in [1.29, 1.82) is 0 Å². The zero-order chi connectivity index (χ0) is 13.8. The van der Waals surface area contributed by atoms with E-state index in [1.54, 1.807) is 0 Å². The second-order valence-electron chi connectivity index (χ2n) is 6.65. The van der Waals surface area contributed by atoms with Crippen LogP contribution in [-0.4, -0.2) is 30.6 Å². The highest BCUT2D eigenvalue weighted by Crippen LogP contribution is 2.23. The van der Waals surface area contributed by atoms with Crippen LogP contribution in [0.15, 0.2) is 24.3 Å². The van der Waals surface area contributed by atoms with E-state index in [0.29, 0.717) is 0 Å². The van der Waals surface area contributed by atoms with Gasteiger partial charge >= 0.3 is 0 Å². The summed E-state index contributed by atoms with van der Waals surface area (Å²) in [5.41, 5.74) is 2.92. The minimum absolute atomic E-state index is 0.817. The van der Waals surface area contributed by atoms with Gasteiger partial charge in [0.15, 0.2) is 0 Å². The van der Waals surface area contributed by atoms with Crippen LogP contribution in [-0.2, 0) is 13.0 Å². The van der Waals surface area contributed by atoms with Crippen molar-refractivity contribution in [3.8, 4) is 0 Å². The monoisotopic (exact) mass is 272 g/mol. The lowest BCUT2D eigenvalue weighted by atomic mass is 10.1. The Morgan fingerprint density at radius 3 is 2.30 bits per heavy atom. The first-order valence-corrected chi connectivity index (χ1v) is 8.33. The fourth-order valence-electron chi connectivity index (χ4n) is 3.28. The number of nitrogens with one attached hydrogen (secondary N) is 1. The van der Waals surface area contributed by atoms with Gasteiger partial charge in [0, 0.05) is 18.6 Å². The largest absolute Gasteiger partial charge is 0.314 e. The lowest BCUT2D eigenvalue weighted by molar-refractivity contribution is 0.237. The maximum atomic E-state index is 3.58. The highest BCUT2D eigenvalue weighted by molar-refractivity contribution is 5.22. The lowest BCUT2D eigenvalue weighted by Gasteiger charge is -2.24. The third kappa shape index (κ3) is 4.07. The van der Waals surface area contributed by atoms with Crippen LogP contribution in [0, 0.1) is 0 Å². The Balaban J connectivity index is 1.44. The Bertz CT molecular complexity index is 402. The average molecular weight is 272 g/mol. The average Bonchev–Trinajstić information content (AvgIpc) is 3.11. The summed E-state index contributed by atoms with van der Waals surface area (Å²) in [6.45, 7) is 2.23. The number of benzene rings is 1. The van der Waals surface area contributed by atoms with Crippen molar-refractivity contribution >= 4 is 0 Å². The molecule has 2 heteroatoms. The van der Waals surface area contributed by atoms with Crippen LogP contribution in [0.1, 0.15) is 49.7 Å². The fourth-order valence-corrected chi connectivity index (χ4v) is 3.28. The summed E-state index contributed by atoms with van der Waals surface area (Å²) in [4.78, 5) is 2.54. The third-order valence-electron chi connectivity index (χ3n) is 4.83. The summed E-state index contributed by atoms with van der Waals surface area (Å²) < 4.78 is 0. The van der Waals surface area contributed by atoms with Crippen LogP contribution >= 0.6 is 0 Å². The smallest absolute Gasteiger partial charge is 0.0233 e. The molecule has 0 heterocycles. The van der Waals surface area contributed by atoms with Crippen LogP contribution in [0.25, 0.3) is 0 Å². The van der Waals surface area contributed by atoms with Crippen molar-refractivity contribution in [3.63, 3.8) is 0 Å². The number of hydrogen-bond donors (Lipinski definition) is 1. The molecule has 0 amide bonds. The molecule has 0 unspecified atom stereocenters. The van der Waals surface area contributed by atoms with Crippen molar-refractivity contribution in [2.24, 2.45) is 0 Å². The molecule has 110 valence electrons. The molecule has 0 radical (unpaired) electrons. The number of hydrogen-bond acceptors (Lipinski definition) is 2. The second kappa shape index (κ2) is 6.73. The minimum atomic E-state index is 0.817. The van der Waals surface area contributed by atoms with Gasteiger partial charge in [-0.15, -0.1) is 0 Å². The molecule has 1 aromatic carbocycles.